The molecular formula is C18H24N4O2. The van der Waals surface area contributed by atoms with Crippen molar-refractivity contribution < 1.29 is 9.53 Å². The van der Waals surface area contributed by atoms with Gasteiger partial charge in [-0.1, -0.05) is 12.1 Å². The third-order valence-corrected chi connectivity index (χ3v) is 4.42. The molecule has 1 unspecified atom stereocenters. The number of nitrogens with zero attached hydrogens (tertiary/aromatic N) is 2. The highest BCUT2D eigenvalue weighted by molar-refractivity contribution is 5.96. The zero-order valence-corrected chi connectivity index (χ0v) is 14.2. The Morgan fingerprint density at radius 3 is 3.04 bits per heavy atom. The largest absolute Gasteiger partial charge is 0.496 e. The fourth-order valence-electron chi connectivity index (χ4n) is 3.18. The highest BCUT2D eigenvalue weighted by Gasteiger charge is 2.23. The Balaban J connectivity index is 1.48. The van der Waals surface area contributed by atoms with Gasteiger partial charge in [0.25, 0.3) is 5.91 Å². The molecule has 24 heavy (non-hydrogen) atoms. The Hall–Kier alpha value is -2.34. The lowest BCUT2D eigenvalue weighted by molar-refractivity contribution is 0.0944. The first-order chi connectivity index (χ1) is 11.7. The molecule has 0 bridgehead atoms. The molecule has 2 aromatic rings. The predicted molar refractivity (Wildman–Crippen MR) is 92.0 cm³/mol. The number of aromatic nitrogens is 2. The van der Waals surface area contributed by atoms with Crippen molar-refractivity contribution in [2.45, 2.75) is 19.9 Å². The maximum Gasteiger partial charge on any atom is 0.255 e. The quantitative estimate of drug-likeness (QED) is 0.851. The second-order valence-corrected chi connectivity index (χ2v) is 6.29. The molecule has 3 rings (SSSR count). The first-order valence-electron chi connectivity index (χ1n) is 8.29. The Morgan fingerprint density at radius 2 is 2.29 bits per heavy atom. The minimum atomic E-state index is -0.0740. The van der Waals surface area contributed by atoms with E-state index >= 15 is 0 Å². The summed E-state index contributed by atoms with van der Waals surface area (Å²) in [6, 6.07) is 7.30. The van der Waals surface area contributed by atoms with Crippen molar-refractivity contribution in [3.8, 4) is 5.75 Å². The maximum atomic E-state index is 12.3. The van der Waals surface area contributed by atoms with Gasteiger partial charge in [0, 0.05) is 31.5 Å². The average molecular weight is 328 g/mol. The van der Waals surface area contributed by atoms with Crippen LogP contribution in [0.1, 0.15) is 28.3 Å². The van der Waals surface area contributed by atoms with Crippen LogP contribution in [-0.4, -0.2) is 47.5 Å². The molecule has 0 saturated carbocycles. The zero-order chi connectivity index (χ0) is 16.9. The van der Waals surface area contributed by atoms with Gasteiger partial charge in [0.2, 0.25) is 0 Å². The summed E-state index contributed by atoms with van der Waals surface area (Å²) in [6.45, 7) is 5.58. The van der Waals surface area contributed by atoms with Crippen LogP contribution in [0, 0.1) is 12.8 Å². The van der Waals surface area contributed by atoms with Crippen molar-refractivity contribution in [3.05, 3.63) is 47.5 Å². The van der Waals surface area contributed by atoms with Crippen LogP contribution in [0.15, 0.2) is 30.5 Å². The van der Waals surface area contributed by atoms with Gasteiger partial charge < -0.3 is 15.0 Å². The molecule has 1 saturated heterocycles. The van der Waals surface area contributed by atoms with Crippen LogP contribution in [-0.2, 0) is 6.54 Å². The second-order valence-electron chi connectivity index (χ2n) is 6.29. The number of methoxy groups -OCH3 is 1. The highest BCUT2D eigenvalue weighted by atomic mass is 16.5. The summed E-state index contributed by atoms with van der Waals surface area (Å²) < 4.78 is 5.25. The Bertz CT molecular complexity index is 698. The summed E-state index contributed by atoms with van der Waals surface area (Å²) in [5, 5.41) is 3.04. The van der Waals surface area contributed by atoms with Crippen molar-refractivity contribution in [3.63, 3.8) is 0 Å². The SMILES string of the molecule is COc1ccccc1C(=O)NCC1CCN(Cc2cnc(C)[nH]2)C1. The fraction of sp³-hybridized carbons (Fsp3) is 0.444. The molecule has 1 aliphatic rings. The maximum absolute atomic E-state index is 12.3. The lowest BCUT2D eigenvalue weighted by atomic mass is 10.1. The number of likely N-dealkylation sites (tertiary alicyclic amines) is 1. The summed E-state index contributed by atoms with van der Waals surface area (Å²) in [5.41, 5.74) is 1.73. The van der Waals surface area contributed by atoms with E-state index in [2.05, 4.69) is 20.2 Å². The summed E-state index contributed by atoms with van der Waals surface area (Å²) in [4.78, 5) is 22.2. The third-order valence-electron chi connectivity index (χ3n) is 4.42. The van der Waals surface area contributed by atoms with Crippen LogP contribution in [0.2, 0.25) is 0 Å². The van der Waals surface area contributed by atoms with Gasteiger partial charge in [-0.25, -0.2) is 4.98 Å². The molecular weight excluding hydrogens is 304 g/mol. The van der Waals surface area contributed by atoms with E-state index in [-0.39, 0.29) is 5.91 Å². The molecule has 0 radical (unpaired) electrons. The van der Waals surface area contributed by atoms with Crippen molar-refractivity contribution in [1.29, 1.82) is 0 Å². The van der Waals surface area contributed by atoms with E-state index in [1.54, 1.807) is 19.2 Å². The van der Waals surface area contributed by atoms with Gasteiger partial charge >= 0.3 is 0 Å². The number of nitrogens with one attached hydrogen (secondary N) is 2. The number of para-hydroxylation sites is 1. The smallest absolute Gasteiger partial charge is 0.255 e. The van der Waals surface area contributed by atoms with Crippen LogP contribution >= 0.6 is 0 Å². The van der Waals surface area contributed by atoms with Crippen LogP contribution < -0.4 is 10.1 Å². The number of H-pyrrole nitrogens is 1. The number of imidazole rings is 1. The number of benzene rings is 1. The molecule has 6 heteroatoms. The van der Waals surface area contributed by atoms with E-state index in [0.29, 0.717) is 23.8 Å². The summed E-state index contributed by atoms with van der Waals surface area (Å²) in [7, 11) is 1.58. The van der Waals surface area contributed by atoms with E-state index in [4.69, 9.17) is 4.74 Å². The zero-order valence-electron chi connectivity index (χ0n) is 14.2. The summed E-state index contributed by atoms with van der Waals surface area (Å²) in [6.07, 6.45) is 2.99. The fourth-order valence-corrected chi connectivity index (χ4v) is 3.18. The van der Waals surface area contributed by atoms with Crippen molar-refractivity contribution in [2.24, 2.45) is 5.92 Å². The number of hydrogen-bond donors (Lipinski definition) is 2. The first kappa shape index (κ1) is 16.5. The van der Waals surface area contributed by atoms with Crippen molar-refractivity contribution in [1.82, 2.24) is 20.2 Å². The second kappa shape index (κ2) is 7.49. The van der Waals surface area contributed by atoms with Crippen molar-refractivity contribution >= 4 is 5.91 Å². The van der Waals surface area contributed by atoms with Gasteiger partial charge in [0.1, 0.15) is 11.6 Å². The number of aryl methyl sites for hydroxylation is 1. The standard InChI is InChI=1S/C18H24N4O2/c1-13-19-10-15(21-13)12-22-8-7-14(11-22)9-20-18(23)16-5-3-4-6-17(16)24-2/h3-6,10,14H,7-9,11-12H2,1-2H3,(H,19,21)(H,20,23). The molecule has 1 atom stereocenters. The molecule has 128 valence electrons. The Morgan fingerprint density at radius 1 is 1.46 bits per heavy atom. The number of rotatable bonds is 6. The topological polar surface area (TPSA) is 70.2 Å². The van der Waals surface area contributed by atoms with Crippen LogP contribution in [0.5, 0.6) is 5.75 Å². The number of carbonyl (C=O) groups is 1. The van der Waals surface area contributed by atoms with Gasteiger partial charge in [-0.2, -0.15) is 0 Å². The number of aromatic amines is 1. The van der Waals surface area contributed by atoms with E-state index < -0.39 is 0 Å². The summed E-state index contributed by atoms with van der Waals surface area (Å²) >= 11 is 0. The van der Waals surface area contributed by atoms with Gasteiger partial charge in [-0.3, -0.25) is 9.69 Å². The monoisotopic (exact) mass is 328 g/mol. The Kier molecular flexibility index (Phi) is 5.15. The summed E-state index contributed by atoms with van der Waals surface area (Å²) in [5.74, 6) is 1.96. The predicted octanol–water partition coefficient (Wildman–Crippen LogP) is 1.98. The van der Waals surface area contributed by atoms with Gasteiger partial charge in [0.15, 0.2) is 0 Å². The molecule has 1 amide bonds. The molecule has 0 spiro atoms. The van der Waals surface area contributed by atoms with Crippen molar-refractivity contribution in [2.75, 3.05) is 26.7 Å². The molecule has 1 aromatic carbocycles. The highest BCUT2D eigenvalue weighted by Crippen LogP contribution is 2.19. The lowest BCUT2D eigenvalue weighted by Crippen LogP contribution is -2.31. The number of carbonyl (C=O) groups excluding carboxylic acids is 1. The van der Waals surface area contributed by atoms with Crippen LogP contribution in [0.25, 0.3) is 0 Å². The minimum absolute atomic E-state index is 0.0740. The Labute approximate surface area is 142 Å². The third kappa shape index (κ3) is 3.94. The number of amides is 1. The average Bonchev–Trinajstić information content (AvgIpc) is 3.21. The van der Waals surface area contributed by atoms with E-state index in [0.717, 1.165) is 37.6 Å². The molecule has 2 heterocycles. The van der Waals surface area contributed by atoms with Crippen LogP contribution in [0.4, 0.5) is 0 Å². The normalized spacial score (nSPS) is 17.8. The molecule has 1 fully saturated rings. The van der Waals surface area contributed by atoms with Gasteiger partial charge in [-0.15, -0.1) is 0 Å². The molecule has 2 N–H and O–H groups in total. The number of ether oxygens (including phenoxy) is 1. The molecule has 1 aliphatic heterocycles. The minimum Gasteiger partial charge on any atom is -0.496 e. The molecule has 6 nitrogen and oxygen atoms in total. The first-order valence-corrected chi connectivity index (χ1v) is 8.29. The van der Waals surface area contributed by atoms with E-state index in [1.165, 1.54) is 0 Å². The van der Waals surface area contributed by atoms with E-state index in [1.807, 2.05) is 25.3 Å². The van der Waals surface area contributed by atoms with Gasteiger partial charge in [0.05, 0.1) is 12.7 Å². The van der Waals surface area contributed by atoms with E-state index in [9.17, 15) is 4.79 Å². The lowest BCUT2D eigenvalue weighted by Gasteiger charge is -2.15. The number of hydrogen-bond acceptors (Lipinski definition) is 4. The van der Waals surface area contributed by atoms with Gasteiger partial charge in [-0.05, 0) is 37.9 Å². The molecule has 1 aromatic heterocycles. The van der Waals surface area contributed by atoms with Crippen LogP contribution in [0.3, 0.4) is 0 Å². The molecule has 0 aliphatic carbocycles.